The van der Waals surface area contributed by atoms with Crippen LogP contribution in [0.25, 0.3) is 0 Å². The van der Waals surface area contributed by atoms with Crippen molar-refractivity contribution in [2.24, 2.45) is 0 Å². The maximum Gasteiger partial charge on any atom is 0.0624 e. The summed E-state index contributed by atoms with van der Waals surface area (Å²) in [5, 5.41) is 5.50. The Balaban J connectivity index is 2.12. The molecule has 2 heterocycles. The molecule has 1 N–H and O–H groups in total. The first-order chi connectivity index (χ1) is 7.31. The van der Waals surface area contributed by atoms with Crippen LogP contribution < -0.4 is 5.32 Å². The highest BCUT2D eigenvalue weighted by atomic mass is 79.9. The molecule has 4 heteroatoms. The van der Waals surface area contributed by atoms with Gasteiger partial charge in [0.1, 0.15) is 0 Å². The van der Waals surface area contributed by atoms with E-state index in [0.29, 0.717) is 6.04 Å². The summed E-state index contributed by atoms with van der Waals surface area (Å²) in [5.41, 5.74) is 0. The third kappa shape index (κ3) is 2.69. The van der Waals surface area contributed by atoms with E-state index in [1.807, 2.05) is 6.08 Å². The van der Waals surface area contributed by atoms with Crippen LogP contribution in [0.2, 0.25) is 0 Å². The lowest BCUT2D eigenvalue weighted by Gasteiger charge is -2.32. The van der Waals surface area contributed by atoms with Crippen LogP contribution in [0.4, 0.5) is 0 Å². The molecular weight excluding hydrogens is 272 g/mol. The first-order valence-corrected chi connectivity index (χ1v) is 6.80. The number of thiophene rings is 1. The number of nitrogens with one attached hydrogen (secondary N) is 1. The fraction of sp³-hybridized carbons (Fsp3) is 0.455. The summed E-state index contributed by atoms with van der Waals surface area (Å²) in [6, 6.07) is 2.57. The van der Waals surface area contributed by atoms with Crippen LogP contribution in [0.5, 0.6) is 0 Å². The van der Waals surface area contributed by atoms with Crippen LogP contribution >= 0.6 is 27.3 Å². The first kappa shape index (κ1) is 11.3. The van der Waals surface area contributed by atoms with Crippen LogP contribution in [-0.2, 0) is 0 Å². The lowest BCUT2D eigenvalue weighted by atomic mass is 10.2. The topological polar surface area (TPSA) is 15.3 Å². The molecule has 0 amide bonds. The van der Waals surface area contributed by atoms with Crippen molar-refractivity contribution in [3.05, 3.63) is 33.5 Å². The summed E-state index contributed by atoms with van der Waals surface area (Å²) in [7, 11) is 0. The van der Waals surface area contributed by atoms with Gasteiger partial charge in [0.05, 0.1) is 6.04 Å². The smallest absolute Gasteiger partial charge is 0.0624 e. The van der Waals surface area contributed by atoms with Crippen molar-refractivity contribution in [1.82, 2.24) is 10.2 Å². The minimum Gasteiger partial charge on any atom is -0.314 e. The number of nitrogens with zero attached hydrogens (tertiary/aromatic N) is 1. The van der Waals surface area contributed by atoms with E-state index in [0.717, 1.165) is 26.2 Å². The van der Waals surface area contributed by atoms with E-state index in [-0.39, 0.29) is 0 Å². The van der Waals surface area contributed by atoms with Gasteiger partial charge in [-0.1, -0.05) is 6.08 Å². The molecule has 1 aromatic heterocycles. The molecule has 1 fully saturated rings. The molecule has 1 atom stereocenters. The summed E-state index contributed by atoms with van der Waals surface area (Å²) in [6.07, 6.45) is 2.05. The van der Waals surface area contributed by atoms with Crippen LogP contribution in [-0.4, -0.2) is 31.1 Å². The average Bonchev–Trinajstić information content (AvgIpc) is 2.68. The predicted octanol–water partition coefficient (Wildman–Crippen LogP) is 2.64. The molecule has 1 saturated heterocycles. The van der Waals surface area contributed by atoms with Crippen molar-refractivity contribution < 1.29 is 0 Å². The number of rotatable bonds is 3. The third-order valence-corrected chi connectivity index (χ3v) is 4.41. The number of hydrogen-bond acceptors (Lipinski definition) is 3. The number of piperazine rings is 1. The van der Waals surface area contributed by atoms with E-state index in [4.69, 9.17) is 0 Å². The van der Waals surface area contributed by atoms with E-state index < -0.39 is 0 Å². The second kappa shape index (κ2) is 5.25. The van der Waals surface area contributed by atoms with Gasteiger partial charge in [-0.15, -0.1) is 17.9 Å². The van der Waals surface area contributed by atoms with Gasteiger partial charge in [0.25, 0.3) is 0 Å². The maximum atomic E-state index is 3.95. The molecule has 0 aromatic carbocycles. The van der Waals surface area contributed by atoms with Crippen LogP contribution in [0.1, 0.15) is 10.9 Å². The van der Waals surface area contributed by atoms with Crippen LogP contribution in [0.3, 0.4) is 0 Å². The van der Waals surface area contributed by atoms with E-state index in [9.17, 15) is 0 Å². The monoisotopic (exact) mass is 286 g/mol. The molecule has 0 unspecified atom stereocenters. The Morgan fingerprint density at radius 3 is 2.80 bits per heavy atom. The number of halogens is 1. The maximum absolute atomic E-state index is 3.95. The van der Waals surface area contributed by atoms with Crippen molar-refractivity contribution in [1.29, 1.82) is 0 Å². The molecular formula is C11H15BrN2S. The second-order valence-electron chi connectivity index (χ2n) is 3.63. The Labute approximate surface area is 103 Å². The summed E-state index contributed by atoms with van der Waals surface area (Å²) in [6.45, 7) is 8.32. The highest BCUT2D eigenvalue weighted by molar-refractivity contribution is 9.10. The minimum atomic E-state index is 0.378. The SMILES string of the molecule is C=C[C@@H](c1cc(Br)cs1)N1CCNCC1. The highest BCUT2D eigenvalue weighted by Gasteiger charge is 2.20. The minimum absolute atomic E-state index is 0.378. The largest absolute Gasteiger partial charge is 0.314 e. The molecule has 2 nitrogen and oxygen atoms in total. The van der Waals surface area contributed by atoms with Gasteiger partial charge < -0.3 is 5.32 Å². The van der Waals surface area contributed by atoms with Gasteiger partial charge in [-0.05, 0) is 22.0 Å². The fourth-order valence-corrected chi connectivity index (χ4v) is 3.46. The molecule has 0 bridgehead atoms. The molecule has 0 radical (unpaired) electrons. The number of hydrogen-bond donors (Lipinski definition) is 1. The molecule has 1 aromatic rings. The average molecular weight is 287 g/mol. The molecule has 0 spiro atoms. The normalized spacial score (nSPS) is 20.1. The van der Waals surface area contributed by atoms with E-state index in [1.165, 1.54) is 9.35 Å². The Morgan fingerprint density at radius 2 is 2.27 bits per heavy atom. The zero-order valence-electron chi connectivity index (χ0n) is 8.58. The predicted molar refractivity (Wildman–Crippen MR) is 69.4 cm³/mol. The Hall–Kier alpha value is -0.160. The Kier molecular flexibility index (Phi) is 3.97. The molecule has 0 aliphatic carbocycles. The quantitative estimate of drug-likeness (QED) is 0.860. The Morgan fingerprint density at radius 1 is 1.53 bits per heavy atom. The lowest BCUT2D eigenvalue weighted by Crippen LogP contribution is -2.44. The summed E-state index contributed by atoms with van der Waals surface area (Å²) >= 11 is 5.29. The molecule has 0 saturated carbocycles. The Bertz CT molecular complexity index is 331. The van der Waals surface area contributed by atoms with Gasteiger partial charge in [-0.25, -0.2) is 0 Å². The fourth-order valence-electron chi connectivity index (χ4n) is 1.89. The lowest BCUT2D eigenvalue weighted by molar-refractivity contribution is 0.206. The molecule has 2 rings (SSSR count). The highest BCUT2D eigenvalue weighted by Crippen LogP contribution is 2.30. The zero-order chi connectivity index (χ0) is 10.7. The van der Waals surface area contributed by atoms with E-state index >= 15 is 0 Å². The molecule has 1 aliphatic rings. The summed E-state index contributed by atoms with van der Waals surface area (Å²) in [5.74, 6) is 0. The van der Waals surface area contributed by atoms with Crippen molar-refractivity contribution >= 4 is 27.3 Å². The van der Waals surface area contributed by atoms with E-state index in [1.54, 1.807) is 11.3 Å². The first-order valence-electron chi connectivity index (χ1n) is 5.12. The van der Waals surface area contributed by atoms with E-state index in [2.05, 4.69) is 44.2 Å². The van der Waals surface area contributed by atoms with Gasteiger partial charge >= 0.3 is 0 Å². The molecule has 15 heavy (non-hydrogen) atoms. The van der Waals surface area contributed by atoms with Crippen molar-refractivity contribution in [2.45, 2.75) is 6.04 Å². The van der Waals surface area contributed by atoms with Crippen LogP contribution in [0, 0.1) is 0 Å². The zero-order valence-corrected chi connectivity index (χ0v) is 11.0. The summed E-state index contributed by atoms with van der Waals surface area (Å²) < 4.78 is 1.17. The standard InChI is InChI=1S/C11H15BrN2S/c1-2-10(11-7-9(12)8-15-11)14-5-3-13-4-6-14/h2,7-8,10,13H,1,3-6H2/t10-/m0/s1. The van der Waals surface area contributed by atoms with Crippen molar-refractivity contribution in [3.8, 4) is 0 Å². The third-order valence-electron chi connectivity index (χ3n) is 2.65. The van der Waals surface area contributed by atoms with Gasteiger partial charge in [0.15, 0.2) is 0 Å². The van der Waals surface area contributed by atoms with Gasteiger partial charge in [0, 0.05) is 40.9 Å². The van der Waals surface area contributed by atoms with Crippen molar-refractivity contribution in [2.75, 3.05) is 26.2 Å². The molecule has 82 valence electrons. The van der Waals surface area contributed by atoms with Gasteiger partial charge in [-0.2, -0.15) is 0 Å². The summed E-state index contributed by atoms with van der Waals surface area (Å²) in [4.78, 5) is 3.85. The molecule has 1 aliphatic heterocycles. The van der Waals surface area contributed by atoms with Crippen molar-refractivity contribution in [3.63, 3.8) is 0 Å². The second-order valence-corrected chi connectivity index (χ2v) is 5.49. The van der Waals surface area contributed by atoms with Gasteiger partial charge in [-0.3, -0.25) is 4.90 Å². The van der Waals surface area contributed by atoms with Crippen LogP contribution in [0.15, 0.2) is 28.6 Å². The van der Waals surface area contributed by atoms with Gasteiger partial charge in [0.2, 0.25) is 0 Å².